The molecule has 3 heteroatoms. The van der Waals surface area contributed by atoms with Gasteiger partial charge in [0, 0.05) is 24.8 Å². The lowest BCUT2D eigenvalue weighted by molar-refractivity contribution is 0.622. The number of anilines is 2. The molecule has 2 aliphatic rings. The van der Waals surface area contributed by atoms with Gasteiger partial charge in [-0.3, -0.25) is 0 Å². The monoisotopic (exact) mass is 234 g/mol. The lowest BCUT2D eigenvalue weighted by atomic mass is 10.1. The molecule has 1 aliphatic heterocycles. The van der Waals surface area contributed by atoms with Gasteiger partial charge < -0.3 is 10.2 Å². The summed E-state index contributed by atoms with van der Waals surface area (Å²) in [4.78, 5) is 2.16. The SMILES string of the molecule is Cc1cc(F)c(N2CCCC2)cc1NC1CC1. The lowest BCUT2D eigenvalue weighted by Gasteiger charge is -2.20. The van der Waals surface area contributed by atoms with E-state index in [0.29, 0.717) is 6.04 Å². The molecular weight excluding hydrogens is 215 g/mol. The van der Waals surface area contributed by atoms with Crippen molar-refractivity contribution in [2.75, 3.05) is 23.3 Å². The van der Waals surface area contributed by atoms with E-state index in [1.54, 1.807) is 6.07 Å². The van der Waals surface area contributed by atoms with Crippen LogP contribution in [0.4, 0.5) is 15.8 Å². The van der Waals surface area contributed by atoms with Gasteiger partial charge in [0.05, 0.1) is 5.69 Å². The number of benzene rings is 1. The first-order valence-corrected chi connectivity index (χ1v) is 6.55. The smallest absolute Gasteiger partial charge is 0.146 e. The molecule has 1 N–H and O–H groups in total. The normalized spacial score (nSPS) is 19.8. The molecule has 1 aliphatic carbocycles. The Hall–Kier alpha value is -1.25. The van der Waals surface area contributed by atoms with E-state index in [0.717, 1.165) is 30.0 Å². The maximum absolute atomic E-state index is 14.0. The Balaban J connectivity index is 1.89. The van der Waals surface area contributed by atoms with Gasteiger partial charge in [0.2, 0.25) is 0 Å². The van der Waals surface area contributed by atoms with E-state index in [-0.39, 0.29) is 5.82 Å². The van der Waals surface area contributed by atoms with Gasteiger partial charge in [-0.1, -0.05) is 0 Å². The Kier molecular flexibility index (Phi) is 2.69. The molecular formula is C14H19FN2. The molecule has 0 unspecified atom stereocenters. The highest BCUT2D eigenvalue weighted by molar-refractivity contribution is 5.64. The van der Waals surface area contributed by atoms with E-state index in [9.17, 15) is 4.39 Å². The fourth-order valence-electron chi connectivity index (χ4n) is 2.46. The first-order valence-electron chi connectivity index (χ1n) is 6.55. The minimum absolute atomic E-state index is 0.0780. The van der Waals surface area contributed by atoms with E-state index in [4.69, 9.17) is 0 Å². The summed E-state index contributed by atoms with van der Waals surface area (Å²) in [5.41, 5.74) is 2.89. The zero-order valence-corrected chi connectivity index (χ0v) is 10.3. The van der Waals surface area contributed by atoms with Crippen molar-refractivity contribution in [3.63, 3.8) is 0 Å². The van der Waals surface area contributed by atoms with Gasteiger partial charge in [0.25, 0.3) is 0 Å². The fraction of sp³-hybridized carbons (Fsp3) is 0.571. The average molecular weight is 234 g/mol. The van der Waals surface area contributed by atoms with E-state index in [2.05, 4.69) is 10.2 Å². The molecule has 0 radical (unpaired) electrons. The summed E-state index contributed by atoms with van der Waals surface area (Å²) in [6, 6.07) is 4.28. The second-order valence-electron chi connectivity index (χ2n) is 5.23. The zero-order chi connectivity index (χ0) is 11.8. The second kappa shape index (κ2) is 4.21. The molecule has 1 saturated carbocycles. The Bertz CT molecular complexity index is 420. The van der Waals surface area contributed by atoms with Crippen molar-refractivity contribution >= 4 is 11.4 Å². The Morgan fingerprint density at radius 3 is 2.59 bits per heavy atom. The summed E-state index contributed by atoms with van der Waals surface area (Å²) in [5, 5.41) is 3.48. The average Bonchev–Trinajstić information content (AvgIpc) is 2.94. The number of nitrogens with one attached hydrogen (secondary N) is 1. The minimum atomic E-state index is -0.0780. The number of rotatable bonds is 3. The Labute approximate surface area is 102 Å². The molecule has 1 saturated heterocycles. The lowest BCUT2D eigenvalue weighted by Crippen LogP contribution is -2.19. The van der Waals surface area contributed by atoms with E-state index in [1.165, 1.54) is 25.7 Å². The van der Waals surface area contributed by atoms with Gasteiger partial charge in [-0.05, 0) is 50.3 Å². The number of hydrogen-bond acceptors (Lipinski definition) is 2. The van der Waals surface area contributed by atoms with Crippen molar-refractivity contribution in [1.29, 1.82) is 0 Å². The van der Waals surface area contributed by atoms with Crippen LogP contribution in [-0.4, -0.2) is 19.1 Å². The third kappa shape index (κ3) is 2.24. The molecule has 1 heterocycles. The van der Waals surface area contributed by atoms with Gasteiger partial charge in [0.1, 0.15) is 5.82 Å². The Morgan fingerprint density at radius 1 is 1.24 bits per heavy atom. The fourth-order valence-corrected chi connectivity index (χ4v) is 2.46. The van der Waals surface area contributed by atoms with Crippen LogP contribution in [-0.2, 0) is 0 Å². The van der Waals surface area contributed by atoms with Crippen LogP contribution in [0.15, 0.2) is 12.1 Å². The summed E-state index contributed by atoms with van der Waals surface area (Å²) in [7, 11) is 0. The highest BCUT2D eigenvalue weighted by Gasteiger charge is 2.23. The molecule has 1 aromatic carbocycles. The third-order valence-corrected chi connectivity index (χ3v) is 3.68. The molecule has 3 rings (SSSR count). The van der Waals surface area contributed by atoms with Gasteiger partial charge in [-0.15, -0.1) is 0 Å². The molecule has 0 spiro atoms. The number of hydrogen-bond donors (Lipinski definition) is 1. The van der Waals surface area contributed by atoms with Crippen LogP contribution in [0.3, 0.4) is 0 Å². The molecule has 1 aromatic rings. The van der Waals surface area contributed by atoms with Gasteiger partial charge >= 0.3 is 0 Å². The highest BCUT2D eigenvalue weighted by atomic mass is 19.1. The van der Waals surface area contributed by atoms with Crippen LogP contribution in [0.25, 0.3) is 0 Å². The summed E-state index contributed by atoms with van der Waals surface area (Å²) >= 11 is 0. The third-order valence-electron chi connectivity index (χ3n) is 3.68. The quantitative estimate of drug-likeness (QED) is 0.863. The van der Waals surface area contributed by atoms with Crippen molar-refractivity contribution < 1.29 is 4.39 Å². The van der Waals surface area contributed by atoms with Crippen molar-refractivity contribution in [3.8, 4) is 0 Å². The van der Waals surface area contributed by atoms with Crippen LogP contribution < -0.4 is 10.2 Å². The molecule has 0 aromatic heterocycles. The predicted molar refractivity (Wildman–Crippen MR) is 69.2 cm³/mol. The molecule has 0 bridgehead atoms. The van der Waals surface area contributed by atoms with Crippen molar-refractivity contribution in [3.05, 3.63) is 23.5 Å². The van der Waals surface area contributed by atoms with Crippen LogP contribution >= 0.6 is 0 Å². The maximum Gasteiger partial charge on any atom is 0.146 e. The van der Waals surface area contributed by atoms with Crippen molar-refractivity contribution in [2.24, 2.45) is 0 Å². The van der Waals surface area contributed by atoms with Gasteiger partial charge in [-0.25, -0.2) is 4.39 Å². The molecule has 17 heavy (non-hydrogen) atoms. The number of nitrogens with zero attached hydrogens (tertiary/aromatic N) is 1. The molecule has 2 fully saturated rings. The molecule has 92 valence electrons. The second-order valence-corrected chi connectivity index (χ2v) is 5.23. The first kappa shape index (κ1) is 10.9. The molecule has 0 amide bonds. The topological polar surface area (TPSA) is 15.3 Å². The number of halogens is 1. The van der Waals surface area contributed by atoms with Gasteiger partial charge in [0.15, 0.2) is 0 Å². The predicted octanol–water partition coefficient (Wildman–Crippen LogP) is 3.31. The highest BCUT2D eigenvalue weighted by Crippen LogP contribution is 2.32. The van der Waals surface area contributed by atoms with Crippen LogP contribution in [0.2, 0.25) is 0 Å². The molecule has 0 atom stereocenters. The van der Waals surface area contributed by atoms with Gasteiger partial charge in [-0.2, -0.15) is 0 Å². The van der Waals surface area contributed by atoms with Crippen molar-refractivity contribution in [2.45, 2.75) is 38.6 Å². The zero-order valence-electron chi connectivity index (χ0n) is 10.3. The van der Waals surface area contributed by atoms with E-state index >= 15 is 0 Å². The standard InChI is InChI=1S/C14H19FN2/c1-10-8-12(15)14(17-6-2-3-7-17)9-13(10)16-11-4-5-11/h8-9,11,16H,2-7H2,1H3. The van der Waals surface area contributed by atoms with E-state index in [1.807, 2.05) is 13.0 Å². The van der Waals surface area contributed by atoms with Crippen LogP contribution in [0.5, 0.6) is 0 Å². The summed E-state index contributed by atoms with van der Waals surface area (Å²) in [5.74, 6) is -0.0780. The largest absolute Gasteiger partial charge is 0.382 e. The van der Waals surface area contributed by atoms with Crippen molar-refractivity contribution in [1.82, 2.24) is 0 Å². The first-order chi connectivity index (χ1) is 8.24. The maximum atomic E-state index is 14.0. The summed E-state index contributed by atoms with van der Waals surface area (Å²) in [6.07, 6.45) is 4.85. The molecule has 2 nitrogen and oxygen atoms in total. The minimum Gasteiger partial charge on any atom is -0.382 e. The van der Waals surface area contributed by atoms with E-state index < -0.39 is 0 Å². The summed E-state index contributed by atoms with van der Waals surface area (Å²) in [6.45, 7) is 3.95. The summed E-state index contributed by atoms with van der Waals surface area (Å²) < 4.78 is 14.0. The number of aryl methyl sites for hydroxylation is 1. The van der Waals surface area contributed by atoms with Crippen LogP contribution in [0.1, 0.15) is 31.2 Å². The van der Waals surface area contributed by atoms with Crippen LogP contribution in [0, 0.1) is 12.7 Å². The Morgan fingerprint density at radius 2 is 1.94 bits per heavy atom.